The molecule has 0 bridgehead atoms. The summed E-state index contributed by atoms with van der Waals surface area (Å²) in [7, 11) is 0. The van der Waals surface area contributed by atoms with Crippen LogP contribution >= 0.6 is 0 Å². The Balaban J connectivity index is 0.000000671. The first-order valence-electron chi connectivity index (χ1n) is 4.86. The molecule has 1 aromatic carbocycles. The Bertz CT molecular complexity index is 228. The second-order valence-corrected chi connectivity index (χ2v) is 3.87. The summed E-state index contributed by atoms with van der Waals surface area (Å²) < 4.78 is 0. The molecular weight excluding hydrogens is 158 g/mol. The molecule has 0 saturated heterocycles. The highest BCUT2D eigenvalue weighted by atomic mass is 14.5. The largest absolute Gasteiger partial charge is 0.399 e. The minimum absolute atomic E-state index is 0.230. The van der Waals surface area contributed by atoms with E-state index in [9.17, 15) is 0 Å². The van der Waals surface area contributed by atoms with Gasteiger partial charge in [0.1, 0.15) is 0 Å². The van der Waals surface area contributed by atoms with E-state index >= 15 is 0 Å². The zero-order chi connectivity index (χ0) is 10.5. The summed E-state index contributed by atoms with van der Waals surface area (Å²) in [6, 6.07) is 8.05. The molecule has 0 aromatic heterocycles. The molecule has 0 aliphatic heterocycles. The molecule has 0 radical (unpaired) electrons. The van der Waals surface area contributed by atoms with Crippen molar-refractivity contribution in [2.75, 3.05) is 5.73 Å². The van der Waals surface area contributed by atoms with Crippen LogP contribution in [0.25, 0.3) is 0 Å². The van der Waals surface area contributed by atoms with Gasteiger partial charge in [0.15, 0.2) is 0 Å². The number of hydrogen-bond acceptors (Lipinski definition) is 1. The third-order valence-corrected chi connectivity index (χ3v) is 1.78. The molecule has 2 N–H and O–H groups in total. The Morgan fingerprint density at radius 2 is 1.31 bits per heavy atom. The van der Waals surface area contributed by atoms with Gasteiger partial charge in [0.2, 0.25) is 0 Å². The lowest BCUT2D eigenvalue weighted by Crippen LogP contribution is -2.10. The number of hydrogen-bond donors (Lipinski definition) is 1. The molecule has 0 amide bonds. The maximum absolute atomic E-state index is 5.57. The Kier molecular flexibility index (Phi) is 4.53. The van der Waals surface area contributed by atoms with Gasteiger partial charge in [0.05, 0.1) is 0 Å². The molecule has 0 spiro atoms. The molecule has 0 fully saturated rings. The third-order valence-electron chi connectivity index (χ3n) is 1.78. The average molecular weight is 179 g/mol. The molecule has 0 unspecified atom stereocenters. The molecule has 1 rings (SSSR count). The number of nitrogens with two attached hydrogens (primary N) is 1. The highest BCUT2D eigenvalue weighted by Gasteiger charge is 2.11. The highest BCUT2D eigenvalue weighted by Crippen LogP contribution is 2.22. The number of benzene rings is 1. The van der Waals surface area contributed by atoms with Crippen LogP contribution < -0.4 is 5.73 Å². The molecular formula is C12H21N. The standard InChI is InChI=1S/C10H15N.C2H6/c1-10(2,3)8-4-6-9(11)7-5-8;1-2/h4-7H,11H2,1-3H3;1-2H3. The first kappa shape index (κ1) is 12.0. The molecule has 1 aromatic rings. The van der Waals surface area contributed by atoms with Gasteiger partial charge in [-0.05, 0) is 23.1 Å². The lowest BCUT2D eigenvalue weighted by molar-refractivity contribution is 0.590. The second-order valence-electron chi connectivity index (χ2n) is 3.87. The van der Waals surface area contributed by atoms with Crippen molar-refractivity contribution in [2.45, 2.75) is 40.0 Å². The Morgan fingerprint density at radius 3 is 1.62 bits per heavy atom. The van der Waals surface area contributed by atoms with Crippen molar-refractivity contribution in [1.82, 2.24) is 0 Å². The molecule has 0 saturated carbocycles. The molecule has 0 heterocycles. The van der Waals surface area contributed by atoms with E-state index in [1.165, 1.54) is 5.56 Å². The van der Waals surface area contributed by atoms with E-state index in [0.717, 1.165) is 5.69 Å². The smallest absolute Gasteiger partial charge is 0.0314 e. The van der Waals surface area contributed by atoms with E-state index in [-0.39, 0.29) is 5.41 Å². The Morgan fingerprint density at radius 1 is 0.923 bits per heavy atom. The van der Waals surface area contributed by atoms with Gasteiger partial charge >= 0.3 is 0 Å². The summed E-state index contributed by atoms with van der Waals surface area (Å²) in [5.41, 5.74) is 7.96. The van der Waals surface area contributed by atoms with E-state index in [2.05, 4.69) is 32.9 Å². The fourth-order valence-electron chi connectivity index (χ4n) is 0.983. The fraction of sp³-hybridized carbons (Fsp3) is 0.500. The molecule has 0 aliphatic carbocycles. The van der Waals surface area contributed by atoms with Crippen molar-refractivity contribution in [3.05, 3.63) is 29.8 Å². The van der Waals surface area contributed by atoms with E-state index in [1.54, 1.807) is 0 Å². The van der Waals surface area contributed by atoms with Gasteiger partial charge in [-0.15, -0.1) is 0 Å². The maximum Gasteiger partial charge on any atom is 0.0314 e. The topological polar surface area (TPSA) is 26.0 Å². The molecule has 0 aliphatic rings. The van der Waals surface area contributed by atoms with E-state index < -0.39 is 0 Å². The van der Waals surface area contributed by atoms with Crippen molar-refractivity contribution < 1.29 is 0 Å². The van der Waals surface area contributed by atoms with E-state index in [4.69, 9.17) is 5.73 Å². The molecule has 74 valence electrons. The van der Waals surface area contributed by atoms with Gasteiger partial charge in [-0.2, -0.15) is 0 Å². The summed E-state index contributed by atoms with van der Waals surface area (Å²) >= 11 is 0. The summed E-state index contributed by atoms with van der Waals surface area (Å²) in [4.78, 5) is 0. The second kappa shape index (κ2) is 4.90. The summed E-state index contributed by atoms with van der Waals surface area (Å²) in [5, 5.41) is 0. The number of nitrogen functional groups attached to an aromatic ring is 1. The van der Waals surface area contributed by atoms with Crippen LogP contribution in [0.3, 0.4) is 0 Å². The van der Waals surface area contributed by atoms with Crippen LogP contribution in [0.1, 0.15) is 40.2 Å². The molecule has 1 nitrogen and oxygen atoms in total. The third kappa shape index (κ3) is 3.97. The van der Waals surface area contributed by atoms with Crippen LogP contribution in [0.2, 0.25) is 0 Å². The van der Waals surface area contributed by atoms with Crippen LogP contribution in [0, 0.1) is 0 Å². The Labute approximate surface area is 82.0 Å². The van der Waals surface area contributed by atoms with Gasteiger partial charge in [0, 0.05) is 5.69 Å². The number of rotatable bonds is 0. The van der Waals surface area contributed by atoms with Crippen molar-refractivity contribution in [3.8, 4) is 0 Å². The van der Waals surface area contributed by atoms with Gasteiger partial charge in [-0.1, -0.05) is 46.8 Å². The maximum atomic E-state index is 5.57. The zero-order valence-electron chi connectivity index (χ0n) is 9.39. The number of anilines is 1. The predicted octanol–water partition coefficient (Wildman–Crippen LogP) is 3.59. The van der Waals surface area contributed by atoms with Crippen molar-refractivity contribution >= 4 is 5.69 Å². The van der Waals surface area contributed by atoms with Gasteiger partial charge in [-0.25, -0.2) is 0 Å². The van der Waals surface area contributed by atoms with Crippen LogP contribution in [-0.4, -0.2) is 0 Å². The van der Waals surface area contributed by atoms with Gasteiger partial charge < -0.3 is 5.73 Å². The Hall–Kier alpha value is -0.980. The summed E-state index contributed by atoms with van der Waals surface area (Å²) in [6.45, 7) is 10.6. The first-order chi connectivity index (χ1) is 6.00. The fourth-order valence-corrected chi connectivity index (χ4v) is 0.983. The molecule has 0 atom stereocenters. The lowest BCUT2D eigenvalue weighted by Gasteiger charge is -2.18. The molecule has 13 heavy (non-hydrogen) atoms. The summed E-state index contributed by atoms with van der Waals surface area (Å²) in [6.07, 6.45) is 0. The van der Waals surface area contributed by atoms with Crippen LogP contribution in [0.5, 0.6) is 0 Å². The van der Waals surface area contributed by atoms with Crippen LogP contribution in [-0.2, 0) is 5.41 Å². The SMILES string of the molecule is CC.CC(C)(C)c1ccc(N)cc1. The minimum Gasteiger partial charge on any atom is -0.399 e. The highest BCUT2D eigenvalue weighted by molar-refractivity contribution is 5.40. The van der Waals surface area contributed by atoms with Crippen molar-refractivity contribution in [1.29, 1.82) is 0 Å². The summed E-state index contributed by atoms with van der Waals surface area (Å²) in [5.74, 6) is 0. The lowest BCUT2D eigenvalue weighted by atomic mass is 9.87. The normalized spacial score (nSPS) is 10.2. The van der Waals surface area contributed by atoms with Gasteiger partial charge in [-0.3, -0.25) is 0 Å². The van der Waals surface area contributed by atoms with E-state index in [0.29, 0.717) is 0 Å². The quantitative estimate of drug-likeness (QED) is 0.605. The van der Waals surface area contributed by atoms with Crippen LogP contribution in [0.15, 0.2) is 24.3 Å². The predicted molar refractivity (Wildman–Crippen MR) is 60.9 cm³/mol. The molecule has 1 heteroatoms. The van der Waals surface area contributed by atoms with E-state index in [1.807, 2.05) is 26.0 Å². The van der Waals surface area contributed by atoms with Gasteiger partial charge in [0.25, 0.3) is 0 Å². The minimum atomic E-state index is 0.230. The van der Waals surface area contributed by atoms with Crippen LogP contribution in [0.4, 0.5) is 5.69 Å². The first-order valence-corrected chi connectivity index (χ1v) is 4.86. The average Bonchev–Trinajstić information content (AvgIpc) is 2.07. The monoisotopic (exact) mass is 179 g/mol. The van der Waals surface area contributed by atoms with Crippen molar-refractivity contribution in [3.63, 3.8) is 0 Å². The van der Waals surface area contributed by atoms with Crippen molar-refractivity contribution in [2.24, 2.45) is 0 Å². The zero-order valence-corrected chi connectivity index (χ0v) is 9.39.